The number of hydrogen-bond acceptors (Lipinski definition) is 4. The zero-order valence-corrected chi connectivity index (χ0v) is 16.9. The van der Waals surface area contributed by atoms with E-state index >= 15 is 0 Å². The lowest BCUT2D eigenvalue weighted by atomic mass is 9.95. The molecule has 0 radical (unpaired) electrons. The number of rotatable bonds is 3. The van der Waals surface area contributed by atoms with Crippen molar-refractivity contribution >= 4 is 15.7 Å². The lowest BCUT2D eigenvalue weighted by molar-refractivity contribution is -0.129. The lowest BCUT2D eigenvalue weighted by Gasteiger charge is -2.18. The number of aryl methyl sites for hydroxylation is 1. The molecular weight excluding hydrogens is 386 g/mol. The number of sulfone groups is 1. The molecule has 5 nitrogen and oxygen atoms in total. The van der Waals surface area contributed by atoms with Crippen LogP contribution in [0.5, 0.6) is 0 Å². The standard InChI is InChI=1S/C23H21NO4S/c1-15-4-2-3-5-16(15)11-23(25)24-12-20-19-10-17(18-8-9-28-14-18)6-7-21(19)29(26,27)22(20)13-24/h2-10,14,20,22H,11-13H2,1H3/t20-,22-/m0/s1. The second-order valence-corrected chi connectivity index (χ2v) is 9.99. The molecule has 2 atom stereocenters. The summed E-state index contributed by atoms with van der Waals surface area (Å²) < 4.78 is 31.3. The Morgan fingerprint density at radius 2 is 1.93 bits per heavy atom. The van der Waals surface area contributed by atoms with Crippen LogP contribution >= 0.6 is 0 Å². The van der Waals surface area contributed by atoms with Crippen molar-refractivity contribution < 1.29 is 17.6 Å². The molecule has 2 aliphatic rings. The second-order valence-electron chi connectivity index (χ2n) is 7.86. The second kappa shape index (κ2) is 6.59. The van der Waals surface area contributed by atoms with Crippen LogP contribution in [0.2, 0.25) is 0 Å². The molecule has 2 aromatic carbocycles. The number of carbonyl (C=O) groups is 1. The van der Waals surface area contributed by atoms with E-state index in [-0.39, 0.29) is 18.4 Å². The van der Waals surface area contributed by atoms with Crippen LogP contribution in [-0.2, 0) is 21.1 Å². The molecule has 2 aliphatic heterocycles. The van der Waals surface area contributed by atoms with Crippen LogP contribution in [0, 0.1) is 6.92 Å². The fourth-order valence-electron chi connectivity index (χ4n) is 4.54. The van der Waals surface area contributed by atoms with Gasteiger partial charge in [-0.3, -0.25) is 4.79 Å². The largest absolute Gasteiger partial charge is 0.472 e. The van der Waals surface area contributed by atoms with Crippen LogP contribution < -0.4 is 0 Å². The number of hydrogen-bond donors (Lipinski definition) is 0. The van der Waals surface area contributed by atoms with Gasteiger partial charge in [0.1, 0.15) is 0 Å². The fraction of sp³-hybridized carbons (Fsp3) is 0.261. The molecule has 5 rings (SSSR count). The van der Waals surface area contributed by atoms with Crippen LogP contribution in [0.3, 0.4) is 0 Å². The molecule has 1 saturated heterocycles. The Morgan fingerprint density at radius 3 is 2.69 bits per heavy atom. The minimum absolute atomic E-state index is 0.0172. The van der Waals surface area contributed by atoms with Gasteiger partial charge >= 0.3 is 0 Å². The summed E-state index contributed by atoms with van der Waals surface area (Å²) in [7, 11) is -3.43. The molecule has 0 aliphatic carbocycles. The van der Waals surface area contributed by atoms with E-state index in [0.717, 1.165) is 27.8 Å². The van der Waals surface area contributed by atoms with Gasteiger partial charge in [-0.1, -0.05) is 30.3 Å². The Hall–Kier alpha value is -2.86. The smallest absolute Gasteiger partial charge is 0.227 e. The molecule has 1 fully saturated rings. The summed E-state index contributed by atoms with van der Waals surface area (Å²) in [5.41, 5.74) is 4.72. The van der Waals surface area contributed by atoms with Gasteiger partial charge in [0.15, 0.2) is 9.84 Å². The van der Waals surface area contributed by atoms with Gasteiger partial charge in [0.2, 0.25) is 5.91 Å². The highest BCUT2D eigenvalue weighted by molar-refractivity contribution is 7.92. The summed E-state index contributed by atoms with van der Waals surface area (Å²) >= 11 is 0. The van der Waals surface area contributed by atoms with Crippen LogP contribution in [0.15, 0.2) is 70.4 Å². The number of likely N-dealkylation sites (tertiary alicyclic amines) is 1. The number of amides is 1. The van der Waals surface area contributed by atoms with Gasteiger partial charge in [0.25, 0.3) is 0 Å². The van der Waals surface area contributed by atoms with Gasteiger partial charge in [-0.05, 0) is 47.4 Å². The van der Waals surface area contributed by atoms with Gasteiger partial charge in [-0.2, -0.15) is 0 Å². The maximum Gasteiger partial charge on any atom is 0.227 e. The molecular formula is C23H21NO4S. The number of nitrogens with zero attached hydrogens (tertiary/aromatic N) is 1. The number of fused-ring (bicyclic) bond motifs is 3. The minimum atomic E-state index is -3.43. The zero-order chi connectivity index (χ0) is 20.2. The third kappa shape index (κ3) is 2.90. The third-order valence-electron chi connectivity index (χ3n) is 6.19. The van der Waals surface area contributed by atoms with Crippen molar-refractivity contribution in [2.45, 2.75) is 29.4 Å². The van der Waals surface area contributed by atoms with E-state index in [4.69, 9.17) is 4.42 Å². The summed E-state index contributed by atoms with van der Waals surface area (Å²) in [5, 5.41) is -0.557. The average Bonchev–Trinajstić information content (AvgIpc) is 3.42. The molecule has 1 amide bonds. The molecule has 0 spiro atoms. The van der Waals surface area contributed by atoms with Crippen molar-refractivity contribution in [3.63, 3.8) is 0 Å². The molecule has 0 unspecified atom stereocenters. The van der Waals surface area contributed by atoms with Crippen molar-refractivity contribution in [1.29, 1.82) is 0 Å². The Morgan fingerprint density at radius 1 is 1.10 bits per heavy atom. The van der Waals surface area contributed by atoms with Crippen LogP contribution in [0.25, 0.3) is 11.1 Å². The first-order valence-electron chi connectivity index (χ1n) is 9.68. The average molecular weight is 407 g/mol. The normalized spacial score (nSPS) is 21.8. The Bertz CT molecular complexity index is 1200. The monoisotopic (exact) mass is 407 g/mol. The SMILES string of the molecule is Cc1ccccc1CC(=O)N1C[C@H]2c3cc(-c4ccoc4)ccc3S(=O)(=O)[C@H]2C1. The van der Waals surface area contributed by atoms with Crippen LogP contribution in [0.1, 0.15) is 22.6 Å². The van der Waals surface area contributed by atoms with Crippen molar-refractivity contribution in [3.8, 4) is 11.1 Å². The van der Waals surface area contributed by atoms with Crippen LogP contribution in [0.4, 0.5) is 0 Å². The number of carbonyl (C=O) groups excluding carboxylic acids is 1. The van der Waals surface area contributed by atoms with Crippen molar-refractivity contribution in [1.82, 2.24) is 4.90 Å². The molecule has 3 aromatic rings. The molecule has 29 heavy (non-hydrogen) atoms. The molecule has 0 saturated carbocycles. The van der Waals surface area contributed by atoms with E-state index in [1.807, 2.05) is 49.4 Å². The first-order chi connectivity index (χ1) is 13.9. The third-order valence-corrected chi connectivity index (χ3v) is 8.45. The highest BCUT2D eigenvalue weighted by atomic mass is 32.2. The minimum Gasteiger partial charge on any atom is -0.472 e. The summed E-state index contributed by atoms with van der Waals surface area (Å²) in [5.74, 6) is -0.195. The van der Waals surface area contributed by atoms with Crippen molar-refractivity contribution in [2.75, 3.05) is 13.1 Å². The van der Waals surface area contributed by atoms with E-state index in [1.165, 1.54) is 0 Å². The topological polar surface area (TPSA) is 67.6 Å². The molecule has 0 N–H and O–H groups in total. The summed E-state index contributed by atoms with van der Waals surface area (Å²) in [6, 6.07) is 15.1. The maximum absolute atomic E-state index is 13.1. The van der Waals surface area contributed by atoms with E-state index < -0.39 is 15.1 Å². The highest BCUT2D eigenvalue weighted by Gasteiger charge is 2.51. The van der Waals surface area contributed by atoms with Crippen LogP contribution in [-0.4, -0.2) is 37.6 Å². The zero-order valence-electron chi connectivity index (χ0n) is 16.0. The summed E-state index contributed by atoms with van der Waals surface area (Å²) in [6.45, 7) is 2.68. The quantitative estimate of drug-likeness (QED) is 0.666. The Labute approximate surface area is 169 Å². The number of benzene rings is 2. The van der Waals surface area contributed by atoms with E-state index in [9.17, 15) is 13.2 Å². The van der Waals surface area contributed by atoms with Crippen molar-refractivity contribution in [2.24, 2.45) is 0 Å². The molecule has 148 valence electrons. The van der Waals surface area contributed by atoms with E-state index in [1.54, 1.807) is 23.5 Å². The van der Waals surface area contributed by atoms with Gasteiger partial charge in [0.05, 0.1) is 29.1 Å². The van der Waals surface area contributed by atoms with E-state index in [2.05, 4.69) is 0 Å². The first kappa shape index (κ1) is 18.2. The Balaban J connectivity index is 1.44. The fourth-order valence-corrected chi connectivity index (χ4v) is 6.71. The Kier molecular flexibility index (Phi) is 4.13. The molecule has 3 heterocycles. The first-order valence-corrected chi connectivity index (χ1v) is 11.2. The maximum atomic E-state index is 13.1. The van der Waals surface area contributed by atoms with Crippen molar-refractivity contribution in [3.05, 3.63) is 77.7 Å². The predicted octanol–water partition coefficient (Wildman–Crippen LogP) is 3.58. The lowest BCUT2D eigenvalue weighted by Crippen LogP contribution is -2.33. The van der Waals surface area contributed by atoms with Gasteiger partial charge in [0, 0.05) is 24.6 Å². The highest BCUT2D eigenvalue weighted by Crippen LogP contribution is 2.46. The summed E-state index contributed by atoms with van der Waals surface area (Å²) in [4.78, 5) is 15.0. The van der Waals surface area contributed by atoms with Gasteiger partial charge < -0.3 is 9.32 Å². The van der Waals surface area contributed by atoms with Gasteiger partial charge in [-0.15, -0.1) is 0 Å². The number of furan rings is 1. The van der Waals surface area contributed by atoms with E-state index in [0.29, 0.717) is 17.9 Å². The predicted molar refractivity (Wildman–Crippen MR) is 109 cm³/mol. The molecule has 1 aromatic heterocycles. The molecule has 6 heteroatoms. The summed E-state index contributed by atoms with van der Waals surface area (Å²) in [6.07, 6.45) is 3.55. The van der Waals surface area contributed by atoms with Gasteiger partial charge in [-0.25, -0.2) is 8.42 Å². The molecule has 0 bridgehead atoms.